The standard InChI is InChI=1S/C25H25N3O3S/c29-25(24-16-21-18-26-14-13-23(21)28-24)27-17-20-9-11-22(12-10-20)32(30,31)15-5-4-8-19-6-2-1-3-7-19/h1-3,6-7,9-14,16,18,28H,4-5,8,15,17H2,(H,27,29). The van der Waals surface area contributed by atoms with Crippen LogP contribution in [0.2, 0.25) is 0 Å². The number of unbranched alkanes of at least 4 members (excludes halogenated alkanes) is 1. The lowest BCUT2D eigenvalue weighted by atomic mass is 10.1. The van der Waals surface area contributed by atoms with Crippen LogP contribution in [-0.2, 0) is 22.8 Å². The number of rotatable bonds is 9. The zero-order chi connectivity index (χ0) is 22.4. The molecule has 7 heteroatoms. The molecular weight excluding hydrogens is 422 g/mol. The van der Waals surface area contributed by atoms with E-state index in [1.54, 1.807) is 42.7 Å². The number of sulfone groups is 1. The first-order valence-electron chi connectivity index (χ1n) is 10.6. The monoisotopic (exact) mass is 447 g/mol. The number of carbonyl (C=O) groups excluding carboxylic acids is 1. The molecule has 0 atom stereocenters. The van der Waals surface area contributed by atoms with E-state index in [4.69, 9.17) is 0 Å². The van der Waals surface area contributed by atoms with Gasteiger partial charge in [-0.1, -0.05) is 42.5 Å². The Morgan fingerprint density at radius 2 is 1.72 bits per heavy atom. The summed E-state index contributed by atoms with van der Waals surface area (Å²) in [5, 5.41) is 3.72. The Balaban J connectivity index is 1.28. The maximum atomic E-state index is 12.6. The van der Waals surface area contributed by atoms with Gasteiger partial charge in [0.2, 0.25) is 0 Å². The fourth-order valence-electron chi connectivity index (χ4n) is 3.57. The summed E-state index contributed by atoms with van der Waals surface area (Å²) in [7, 11) is -3.32. The van der Waals surface area contributed by atoms with E-state index < -0.39 is 9.84 Å². The average Bonchev–Trinajstić information content (AvgIpc) is 3.26. The SMILES string of the molecule is O=C(NCc1ccc(S(=O)(=O)CCCCc2ccccc2)cc1)c1cc2cnccc2[nH]1. The van der Waals surface area contributed by atoms with Crippen LogP contribution >= 0.6 is 0 Å². The van der Waals surface area contributed by atoms with Gasteiger partial charge in [0.25, 0.3) is 5.91 Å². The van der Waals surface area contributed by atoms with Gasteiger partial charge in [-0.2, -0.15) is 0 Å². The molecule has 2 aromatic carbocycles. The molecule has 0 saturated carbocycles. The van der Waals surface area contributed by atoms with Crippen LogP contribution in [0.5, 0.6) is 0 Å². The van der Waals surface area contributed by atoms with E-state index in [-0.39, 0.29) is 11.7 Å². The Morgan fingerprint density at radius 3 is 2.47 bits per heavy atom. The highest BCUT2D eigenvalue weighted by Crippen LogP contribution is 2.16. The highest BCUT2D eigenvalue weighted by molar-refractivity contribution is 7.91. The third-order valence-corrected chi connectivity index (χ3v) is 7.19. The summed E-state index contributed by atoms with van der Waals surface area (Å²) in [6.07, 6.45) is 5.69. The van der Waals surface area contributed by atoms with Gasteiger partial charge in [0.1, 0.15) is 5.69 Å². The summed E-state index contributed by atoms with van der Waals surface area (Å²) in [5.74, 6) is -0.0955. The Kier molecular flexibility index (Phi) is 6.66. The molecule has 1 amide bonds. The molecule has 0 saturated heterocycles. The van der Waals surface area contributed by atoms with Crippen LogP contribution < -0.4 is 5.32 Å². The molecule has 6 nitrogen and oxygen atoms in total. The molecule has 4 rings (SSSR count). The Morgan fingerprint density at radius 1 is 0.938 bits per heavy atom. The maximum absolute atomic E-state index is 12.6. The van der Waals surface area contributed by atoms with E-state index in [9.17, 15) is 13.2 Å². The highest BCUT2D eigenvalue weighted by Gasteiger charge is 2.14. The van der Waals surface area contributed by atoms with Crippen molar-refractivity contribution in [3.8, 4) is 0 Å². The molecule has 0 unspecified atom stereocenters. The molecule has 0 aliphatic carbocycles. The molecule has 2 aromatic heterocycles. The third kappa shape index (κ3) is 5.42. The van der Waals surface area contributed by atoms with Gasteiger partial charge in [-0.3, -0.25) is 9.78 Å². The van der Waals surface area contributed by atoms with E-state index in [2.05, 4.69) is 27.4 Å². The second kappa shape index (κ2) is 9.78. The summed E-state index contributed by atoms with van der Waals surface area (Å²) in [4.78, 5) is 19.8. The van der Waals surface area contributed by atoms with Gasteiger partial charge in [0.15, 0.2) is 9.84 Å². The van der Waals surface area contributed by atoms with Crippen LogP contribution in [0.25, 0.3) is 10.9 Å². The average molecular weight is 448 g/mol. The lowest BCUT2D eigenvalue weighted by Gasteiger charge is -2.07. The van der Waals surface area contributed by atoms with Gasteiger partial charge in [0.05, 0.1) is 10.6 Å². The lowest BCUT2D eigenvalue weighted by Crippen LogP contribution is -2.23. The zero-order valence-electron chi connectivity index (χ0n) is 17.6. The largest absolute Gasteiger partial charge is 0.350 e. The zero-order valence-corrected chi connectivity index (χ0v) is 18.4. The fraction of sp³-hybridized carbons (Fsp3) is 0.200. The van der Waals surface area contributed by atoms with E-state index in [0.29, 0.717) is 23.6 Å². The third-order valence-electron chi connectivity index (χ3n) is 5.37. The summed E-state index contributed by atoms with van der Waals surface area (Å²) in [6, 6.07) is 20.4. The topological polar surface area (TPSA) is 91.9 Å². The number of hydrogen-bond acceptors (Lipinski definition) is 4. The van der Waals surface area contributed by atoms with E-state index >= 15 is 0 Å². The van der Waals surface area contributed by atoms with Crippen molar-refractivity contribution in [1.29, 1.82) is 0 Å². The van der Waals surface area contributed by atoms with Crippen LogP contribution in [0.3, 0.4) is 0 Å². The molecule has 0 aliphatic heterocycles. The van der Waals surface area contributed by atoms with Crippen molar-refractivity contribution in [2.24, 2.45) is 0 Å². The van der Waals surface area contributed by atoms with Crippen molar-refractivity contribution in [2.45, 2.75) is 30.7 Å². The number of benzene rings is 2. The molecule has 0 radical (unpaired) electrons. The number of hydrogen-bond donors (Lipinski definition) is 2. The molecule has 0 aliphatic rings. The number of fused-ring (bicyclic) bond motifs is 1. The quantitative estimate of drug-likeness (QED) is 0.375. The molecule has 4 aromatic rings. The molecular formula is C25H25N3O3S. The van der Waals surface area contributed by atoms with Gasteiger partial charge in [0, 0.05) is 29.8 Å². The van der Waals surface area contributed by atoms with Crippen molar-refractivity contribution in [3.05, 3.63) is 95.9 Å². The number of H-pyrrole nitrogens is 1. The van der Waals surface area contributed by atoms with Gasteiger partial charge in [-0.25, -0.2) is 8.42 Å². The molecule has 164 valence electrons. The van der Waals surface area contributed by atoms with Crippen LogP contribution in [0.15, 0.2) is 84.0 Å². The first-order chi connectivity index (χ1) is 15.5. The van der Waals surface area contributed by atoms with Crippen molar-refractivity contribution < 1.29 is 13.2 Å². The van der Waals surface area contributed by atoms with Crippen molar-refractivity contribution in [2.75, 3.05) is 5.75 Å². The molecule has 0 spiro atoms. The minimum Gasteiger partial charge on any atom is -0.350 e. The first-order valence-corrected chi connectivity index (χ1v) is 12.2. The van der Waals surface area contributed by atoms with E-state index in [1.165, 1.54) is 5.56 Å². The van der Waals surface area contributed by atoms with Crippen LogP contribution in [0.1, 0.15) is 34.5 Å². The van der Waals surface area contributed by atoms with E-state index in [0.717, 1.165) is 29.3 Å². The fourth-order valence-corrected chi connectivity index (χ4v) is 4.94. The minimum atomic E-state index is -3.32. The molecule has 0 bridgehead atoms. The van der Waals surface area contributed by atoms with Gasteiger partial charge >= 0.3 is 0 Å². The number of amides is 1. The van der Waals surface area contributed by atoms with E-state index in [1.807, 2.05) is 24.3 Å². The lowest BCUT2D eigenvalue weighted by molar-refractivity contribution is 0.0946. The summed E-state index contributed by atoms with van der Waals surface area (Å²) in [5.41, 5.74) is 3.37. The predicted molar refractivity (Wildman–Crippen MR) is 125 cm³/mol. The number of nitrogens with one attached hydrogen (secondary N) is 2. The highest BCUT2D eigenvalue weighted by atomic mass is 32.2. The maximum Gasteiger partial charge on any atom is 0.267 e. The predicted octanol–water partition coefficient (Wildman–Crippen LogP) is 4.29. The number of nitrogens with zero attached hydrogens (tertiary/aromatic N) is 1. The second-order valence-electron chi connectivity index (χ2n) is 7.73. The number of carbonyl (C=O) groups is 1. The molecule has 2 N–H and O–H groups in total. The Labute approximate surface area is 187 Å². The number of aromatic amines is 1. The van der Waals surface area contributed by atoms with Gasteiger partial charge < -0.3 is 10.3 Å². The van der Waals surface area contributed by atoms with Gasteiger partial charge in [-0.15, -0.1) is 0 Å². The van der Waals surface area contributed by atoms with Crippen molar-refractivity contribution in [1.82, 2.24) is 15.3 Å². The number of aromatic nitrogens is 2. The molecule has 2 heterocycles. The summed E-state index contributed by atoms with van der Waals surface area (Å²) >= 11 is 0. The Hall–Kier alpha value is -3.45. The Bertz CT molecular complexity index is 1260. The van der Waals surface area contributed by atoms with Crippen LogP contribution in [-0.4, -0.2) is 30.0 Å². The summed E-state index contributed by atoms with van der Waals surface area (Å²) < 4.78 is 25.2. The van der Waals surface area contributed by atoms with Crippen molar-refractivity contribution >= 4 is 26.6 Å². The van der Waals surface area contributed by atoms with Crippen LogP contribution in [0.4, 0.5) is 0 Å². The molecule has 0 fully saturated rings. The number of pyridine rings is 1. The second-order valence-corrected chi connectivity index (χ2v) is 9.84. The first kappa shape index (κ1) is 21.8. The smallest absolute Gasteiger partial charge is 0.267 e. The summed E-state index contributed by atoms with van der Waals surface area (Å²) in [6.45, 7) is 0.309. The molecule has 32 heavy (non-hydrogen) atoms. The number of aryl methyl sites for hydroxylation is 1. The van der Waals surface area contributed by atoms with Gasteiger partial charge in [-0.05, 0) is 54.7 Å². The minimum absolute atomic E-state index is 0.130. The van der Waals surface area contributed by atoms with Crippen LogP contribution in [0, 0.1) is 0 Å². The normalized spacial score (nSPS) is 11.5. The van der Waals surface area contributed by atoms with Crippen molar-refractivity contribution in [3.63, 3.8) is 0 Å².